The third kappa shape index (κ3) is 4.51. The largest absolute Gasteiger partial charge is 0.489 e. The molecule has 4 rings (SSSR count). The molecule has 0 spiro atoms. The molecule has 1 N–H and O–H groups in total. The van der Waals surface area contributed by atoms with Crippen molar-refractivity contribution in [2.45, 2.75) is 20.0 Å². The van der Waals surface area contributed by atoms with Crippen molar-refractivity contribution in [1.82, 2.24) is 14.9 Å². The van der Waals surface area contributed by atoms with Crippen LogP contribution in [0.1, 0.15) is 27.3 Å². The molecule has 1 amide bonds. The van der Waals surface area contributed by atoms with Gasteiger partial charge in [-0.25, -0.2) is 0 Å². The molecular weight excluding hydrogens is 386 g/mol. The van der Waals surface area contributed by atoms with Crippen molar-refractivity contribution in [2.75, 3.05) is 6.61 Å². The lowest BCUT2D eigenvalue weighted by Crippen LogP contribution is -2.26. The number of benzene rings is 2. The van der Waals surface area contributed by atoms with Crippen LogP contribution in [0, 0.1) is 6.92 Å². The van der Waals surface area contributed by atoms with Gasteiger partial charge in [0.05, 0.1) is 17.8 Å². The molecule has 2 heterocycles. The Labute approximate surface area is 182 Å². The number of carbonyl (C=O) groups excluding carboxylic acids is 1. The summed E-state index contributed by atoms with van der Waals surface area (Å²) in [4.78, 5) is 17.5. The summed E-state index contributed by atoms with van der Waals surface area (Å²) in [6.45, 7) is 7.17. The standard InChI is InChI=1S/C26H25N3O2/c1-3-15-31-25-13-8-12-23-22(25)16-24(26(30)28-17-21-11-6-7-14-27-21)29(23)18-20-10-5-4-9-19(20)2/h3-14,16H,1,15,17-18H2,2H3,(H,28,30). The maximum Gasteiger partial charge on any atom is 0.268 e. The van der Waals surface area contributed by atoms with Crippen molar-refractivity contribution in [3.63, 3.8) is 0 Å². The fourth-order valence-electron chi connectivity index (χ4n) is 3.61. The van der Waals surface area contributed by atoms with E-state index in [2.05, 4.69) is 35.9 Å². The molecule has 0 saturated carbocycles. The van der Waals surface area contributed by atoms with Gasteiger partial charge < -0.3 is 14.6 Å². The predicted octanol–water partition coefficient (Wildman–Crippen LogP) is 4.89. The van der Waals surface area contributed by atoms with Gasteiger partial charge >= 0.3 is 0 Å². The number of hydrogen-bond acceptors (Lipinski definition) is 3. The van der Waals surface area contributed by atoms with Gasteiger partial charge in [-0.2, -0.15) is 0 Å². The van der Waals surface area contributed by atoms with Crippen molar-refractivity contribution >= 4 is 16.8 Å². The van der Waals surface area contributed by atoms with Crippen LogP contribution in [0.15, 0.2) is 85.6 Å². The van der Waals surface area contributed by atoms with Crippen LogP contribution in [0.3, 0.4) is 0 Å². The van der Waals surface area contributed by atoms with Crippen molar-refractivity contribution in [2.24, 2.45) is 0 Å². The molecule has 156 valence electrons. The fraction of sp³-hybridized carbons (Fsp3) is 0.154. The van der Waals surface area contributed by atoms with Gasteiger partial charge in [-0.3, -0.25) is 9.78 Å². The Hall–Kier alpha value is -3.86. The average molecular weight is 412 g/mol. The van der Waals surface area contributed by atoms with E-state index in [1.807, 2.05) is 59.2 Å². The normalized spacial score (nSPS) is 10.7. The molecule has 0 bridgehead atoms. The molecular formula is C26H25N3O2. The first-order valence-corrected chi connectivity index (χ1v) is 10.3. The summed E-state index contributed by atoms with van der Waals surface area (Å²) in [5, 5.41) is 3.90. The van der Waals surface area contributed by atoms with Crippen LogP contribution < -0.4 is 10.1 Å². The summed E-state index contributed by atoms with van der Waals surface area (Å²) >= 11 is 0. The highest BCUT2D eigenvalue weighted by Crippen LogP contribution is 2.30. The highest BCUT2D eigenvalue weighted by molar-refractivity contribution is 6.00. The van der Waals surface area contributed by atoms with E-state index in [9.17, 15) is 4.79 Å². The summed E-state index contributed by atoms with van der Waals surface area (Å²) in [6, 6.07) is 21.7. The summed E-state index contributed by atoms with van der Waals surface area (Å²) < 4.78 is 7.89. The second-order valence-electron chi connectivity index (χ2n) is 7.33. The fourth-order valence-corrected chi connectivity index (χ4v) is 3.61. The molecule has 0 aliphatic rings. The lowest BCUT2D eigenvalue weighted by Gasteiger charge is -2.13. The maximum absolute atomic E-state index is 13.2. The van der Waals surface area contributed by atoms with Gasteiger partial charge in [0.25, 0.3) is 5.91 Å². The molecule has 31 heavy (non-hydrogen) atoms. The van der Waals surface area contributed by atoms with E-state index in [1.165, 1.54) is 5.56 Å². The number of nitrogens with zero attached hydrogens (tertiary/aromatic N) is 2. The van der Waals surface area contributed by atoms with Crippen molar-refractivity contribution in [3.05, 3.63) is 108 Å². The predicted molar refractivity (Wildman–Crippen MR) is 123 cm³/mol. The minimum atomic E-state index is -0.148. The number of rotatable bonds is 8. The Kier molecular flexibility index (Phi) is 6.13. The summed E-state index contributed by atoms with van der Waals surface area (Å²) in [7, 11) is 0. The maximum atomic E-state index is 13.2. The van der Waals surface area contributed by atoms with Crippen LogP contribution in [0.4, 0.5) is 0 Å². The third-order valence-corrected chi connectivity index (χ3v) is 5.24. The van der Waals surface area contributed by atoms with Gasteiger partial charge in [-0.15, -0.1) is 0 Å². The molecule has 0 aliphatic heterocycles. The van der Waals surface area contributed by atoms with Crippen LogP contribution in [0.25, 0.3) is 10.9 Å². The molecule has 0 radical (unpaired) electrons. The van der Waals surface area contributed by atoms with E-state index in [-0.39, 0.29) is 5.91 Å². The molecule has 5 heteroatoms. The number of amides is 1. The highest BCUT2D eigenvalue weighted by Gasteiger charge is 2.18. The van der Waals surface area contributed by atoms with E-state index in [0.717, 1.165) is 27.9 Å². The number of pyridine rings is 1. The minimum absolute atomic E-state index is 0.148. The van der Waals surface area contributed by atoms with Crippen LogP contribution in [-0.2, 0) is 13.1 Å². The van der Waals surface area contributed by atoms with Crippen LogP contribution in [0.2, 0.25) is 0 Å². The van der Waals surface area contributed by atoms with Crippen LogP contribution in [-0.4, -0.2) is 22.1 Å². The van der Waals surface area contributed by atoms with Crippen molar-refractivity contribution in [3.8, 4) is 5.75 Å². The van der Waals surface area contributed by atoms with E-state index in [0.29, 0.717) is 25.4 Å². The third-order valence-electron chi connectivity index (χ3n) is 5.24. The van der Waals surface area contributed by atoms with Crippen molar-refractivity contribution < 1.29 is 9.53 Å². The molecule has 4 aromatic rings. The molecule has 0 saturated heterocycles. The number of aromatic nitrogens is 2. The lowest BCUT2D eigenvalue weighted by atomic mass is 10.1. The second kappa shape index (κ2) is 9.30. The summed E-state index contributed by atoms with van der Waals surface area (Å²) in [5.41, 5.74) is 4.70. The molecule has 0 unspecified atom stereocenters. The van der Waals surface area contributed by atoms with Gasteiger partial charge in [0.15, 0.2) is 0 Å². The first kappa shape index (κ1) is 20.4. The Morgan fingerprint density at radius 1 is 1.13 bits per heavy atom. The Bertz CT molecular complexity index is 1210. The molecule has 0 aliphatic carbocycles. The highest BCUT2D eigenvalue weighted by atomic mass is 16.5. The number of hydrogen-bond donors (Lipinski definition) is 1. The van der Waals surface area contributed by atoms with Gasteiger partial charge in [0.1, 0.15) is 18.1 Å². The zero-order chi connectivity index (χ0) is 21.6. The molecule has 0 atom stereocenters. The number of aryl methyl sites for hydroxylation is 1. The molecule has 2 aromatic heterocycles. The molecule has 2 aromatic carbocycles. The monoisotopic (exact) mass is 411 g/mol. The SMILES string of the molecule is C=CCOc1cccc2c1cc(C(=O)NCc1ccccn1)n2Cc1ccccc1C. The Morgan fingerprint density at radius 2 is 1.97 bits per heavy atom. The van der Waals surface area contributed by atoms with E-state index >= 15 is 0 Å². The topological polar surface area (TPSA) is 56.1 Å². The first-order chi connectivity index (χ1) is 15.2. The van der Waals surface area contributed by atoms with E-state index < -0.39 is 0 Å². The number of carbonyl (C=O) groups is 1. The van der Waals surface area contributed by atoms with E-state index in [4.69, 9.17) is 4.74 Å². The Balaban J connectivity index is 1.73. The summed E-state index contributed by atoms with van der Waals surface area (Å²) in [5.74, 6) is 0.588. The van der Waals surface area contributed by atoms with Gasteiger partial charge in [-0.05, 0) is 48.4 Å². The van der Waals surface area contributed by atoms with Gasteiger partial charge in [0.2, 0.25) is 0 Å². The average Bonchev–Trinajstić information content (AvgIpc) is 3.17. The Morgan fingerprint density at radius 3 is 2.74 bits per heavy atom. The lowest BCUT2D eigenvalue weighted by molar-refractivity contribution is 0.0942. The van der Waals surface area contributed by atoms with E-state index in [1.54, 1.807) is 12.3 Å². The quantitative estimate of drug-likeness (QED) is 0.420. The van der Waals surface area contributed by atoms with Gasteiger partial charge in [-0.1, -0.05) is 49.1 Å². The van der Waals surface area contributed by atoms with Crippen molar-refractivity contribution in [1.29, 1.82) is 0 Å². The number of fused-ring (bicyclic) bond motifs is 1. The number of ether oxygens (including phenoxy) is 1. The first-order valence-electron chi connectivity index (χ1n) is 10.3. The molecule has 0 fully saturated rings. The van der Waals surface area contributed by atoms with Crippen LogP contribution >= 0.6 is 0 Å². The number of nitrogens with one attached hydrogen (secondary N) is 1. The smallest absolute Gasteiger partial charge is 0.268 e. The second-order valence-corrected chi connectivity index (χ2v) is 7.33. The zero-order valence-electron chi connectivity index (χ0n) is 17.5. The van der Waals surface area contributed by atoms with Crippen LogP contribution in [0.5, 0.6) is 5.75 Å². The molecule has 5 nitrogen and oxygen atoms in total. The zero-order valence-corrected chi connectivity index (χ0v) is 17.5. The van der Waals surface area contributed by atoms with Gasteiger partial charge in [0, 0.05) is 18.1 Å². The minimum Gasteiger partial charge on any atom is -0.489 e. The summed E-state index contributed by atoms with van der Waals surface area (Å²) in [6.07, 6.45) is 3.43.